The van der Waals surface area contributed by atoms with Crippen molar-refractivity contribution in [2.75, 3.05) is 12.4 Å². The summed E-state index contributed by atoms with van der Waals surface area (Å²) in [5.41, 5.74) is -0.500. The minimum atomic E-state index is -0.777. The zero-order valence-electron chi connectivity index (χ0n) is 10.5. The first-order valence-corrected chi connectivity index (χ1v) is 6.52. The van der Waals surface area contributed by atoms with E-state index in [0.717, 1.165) is 11.4 Å². The topological polar surface area (TPSA) is 92.7 Å². The van der Waals surface area contributed by atoms with Gasteiger partial charge in [-0.3, -0.25) is 19.4 Å². The summed E-state index contributed by atoms with van der Waals surface area (Å²) in [5, 5.41) is 5.86. The predicted molar refractivity (Wildman–Crippen MR) is 73.4 cm³/mol. The van der Waals surface area contributed by atoms with Gasteiger partial charge in [0.25, 0.3) is 0 Å². The van der Waals surface area contributed by atoms with E-state index < -0.39 is 11.1 Å². The van der Waals surface area contributed by atoms with Crippen LogP contribution < -0.4 is 16.4 Å². The SMILES string of the molecule is CNc1ncccc1CSc1nc(=O)c(=O)[nH]n1C. The highest BCUT2D eigenvalue weighted by molar-refractivity contribution is 7.98. The highest BCUT2D eigenvalue weighted by atomic mass is 32.2. The Balaban J connectivity index is 2.21. The van der Waals surface area contributed by atoms with Gasteiger partial charge in [-0.25, -0.2) is 4.98 Å². The third-order valence-corrected chi connectivity index (χ3v) is 3.51. The fourth-order valence-corrected chi connectivity index (χ4v) is 2.42. The highest BCUT2D eigenvalue weighted by Gasteiger charge is 2.07. The minimum absolute atomic E-state index is 0.454. The molecular formula is C11H13N5O2S. The van der Waals surface area contributed by atoms with Crippen molar-refractivity contribution in [3.05, 3.63) is 44.6 Å². The first kappa shape index (κ1) is 13.3. The van der Waals surface area contributed by atoms with Gasteiger partial charge in [-0.15, -0.1) is 0 Å². The first-order chi connectivity index (χ1) is 9.11. The summed E-state index contributed by atoms with van der Waals surface area (Å²) in [4.78, 5) is 30.2. The van der Waals surface area contributed by atoms with E-state index in [2.05, 4.69) is 20.4 Å². The average molecular weight is 279 g/mol. The molecule has 19 heavy (non-hydrogen) atoms. The summed E-state index contributed by atoms with van der Waals surface area (Å²) >= 11 is 1.35. The second kappa shape index (κ2) is 5.70. The summed E-state index contributed by atoms with van der Waals surface area (Å²) < 4.78 is 1.43. The summed E-state index contributed by atoms with van der Waals surface area (Å²) in [5.74, 6) is 1.38. The molecule has 0 bridgehead atoms. The van der Waals surface area contributed by atoms with E-state index in [1.54, 1.807) is 20.3 Å². The van der Waals surface area contributed by atoms with E-state index in [-0.39, 0.29) is 0 Å². The molecule has 2 N–H and O–H groups in total. The molecule has 8 heteroatoms. The molecule has 0 unspecified atom stereocenters. The number of aromatic amines is 1. The van der Waals surface area contributed by atoms with Gasteiger partial charge in [0.05, 0.1) is 0 Å². The van der Waals surface area contributed by atoms with E-state index in [1.807, 2.05) is 12.1 Å². The van der Waals surface area contributed by atoms with Crippen LogP contribution in [0.1, 0.15) is 5.56 Å². The molecule has 0 aromatic carbocycles. The molecular weight excluding hydrogens is 266 g/mol. The second-order valence-corrected chi connectivity index (χ2v) is 4.69. The van der Waals surface area contributed by atoms with E-state index in [0.29, 0.717) is 10.9 Å². The Morgan fingerprint density at radius 1 is 1.47 bits per heavy atom. The smallest absolute Gasteiger partial charge is 0.339 e. The van der Waals surface area contributed by atoms with Gasteiger partial charge in [0, 0.05) is 31.6 Å². The number of anilines is 1. The molecule has 0 atom stereocenters. The molecule has 7 nitrogen and oxygen atoms in total. The van der Waals surface area contributed by atoms with Crippen LogP contribution in [0.25, 0.3) is 0 Å². The number of thioether (sulfide) groups is 1. The molecule has 2 heterocycles. The van der Waals surface area contributed by atoms with Crippen molar-refractivity contribution in [3.63, 3.8) is 0 Å². The van der Waals surface area contributed by atoms with E-state index >= 15 is 0 Å². The molecule has 100 valence electrons. The van der Waals surface area contributed by atoms with Crippen LogP contribution >= 0.6 is 11.8 Å². The largest absolute Gasteiger partial charge is 0.373 e. The number of hydrogen-bond donors (Lipinski definition) is 2. The van der Waals surface area contributed by atoms with Crippen LogP contribution in [0.3, 0.4) is 0 Å². The monoisotopic (exact) mass is 279 g/mol. The van der Waals surface area contributed by atoms with Crippen molar-refractivity contribution in [1.82, 2.24) is 19.7 Å². The lowest BCUT2D eigenvalue weighted by Crippen LogP contribution is -2.33. The molecule has 0 aliphatic carbocycles. The predicted octanol–water partition coefficient (Wildman–Crippen LogP) is 0.198. The molecule has 0 saturated heterocycles. The van der Waals surface area contributed by atoms with Crippen molar-refractivity contribution in [1.29, 1.82) is 0 Å². The van der Waals surface area contributed by atoms with Crippen molar-refractivity contribution >= 4 is 17.6 Å². The first-order valence-electron chi connectivity index (χ1n) is 5.53. The fraction of sp³-hybridized carbons (Fsp3) is 0.273. The van der Waals surface area contributed by atoms with E-state index in [1.165, 1.54) is 16.4 Å². The van der Waals surface area contributed by atoms with Crippen LogP contribution in [0.4, 0.5) is 5.82 Å². The lowest BCUT2D eigenvalue weighted by atomic mass is 10.3. The number of pyridine rings is 1. The molecule has 2 rings (SSSR count). The van der Waals surface area contributed by atoms with Crippen molar-refractivity contribution in [2.45, 2.75) is 10.9 Å². The Kier molecular flexibility index (Phi) is 4.00. The van der Waals surface area contributed by atoms with Crippen LogP contribution in [0.2, 0.25) is 0 Å². The van der Waals surface area contributed by atoms with Gasteiger partial charge in [0.2, 0.25) is 0 Å². The third kappa shape index (κ3) is 3.02. The zero-order chi connectivity index (χ0) is 13.8. The van der Waals surface area contributed by atoms with Crippen LogP contribution in [0.15, 0.2) is 33.1 Å². The van der Waals surface area contributed by atoms with Gasteiger partial charge in [0.15, 0.2) is 5.16 Å². The summed E-state index contributed by atoms with van der Waals surface area (Å²) in [7, 11) is 3.43. The van der Waals surface area contributed by atoms with Crippen LogP contribution in [-0.4, -0.2) is 26.8 Å². The molecule has 0 amide bonds. The maximum absolute atomic E-state index is 11.2. The lowest BCUT2D eigenvalue weighted by Gasteiger charge is -2.08. The summed E-state index contributed by atoms with van der Waals surface area (Å²) in [6.45, 7) is 0. The van der Waals surface area contributed by atoms with Gasteiger partial charge in [0.1, 0.15) is 5.82 Å². The Labute approximate surface area is 113 Å². The van der Waals surface area contributed by atoms with E-state index in [9.17, 15) is 9.59 Å². The number of H-pyrrole nitrogens is 1. The molecule has 0 fully saturated rings. The van der Waals surface area contributed by atoms with Crippen molar-refractivity contribution < 1.29 is 0 Å². The number of aryl methyl sites for hydroxylation is 1. The van der Waals surface area contributed by atoms with Gasteiger partial charge in [-0.1, -0.05) is 17.8 Å². The quantitative estimate of drug-likeness (QED) is 0.613. The Morgan fingerprint density at radius 2 is 2.26 bits per heavy atom. The second-order valence-electron chi connectivity index (χ2n) is 3.75. The van der Waals surface area contributed by atoms with Crippen LogP contribution in [-0.2, 0) is 12.8 Å². The van der Waals surface area contributed by atoms with Gasteiger partial charge in [-0.2, -0.15) is 4.98 Å². The number of hydrogen-bond acceptors (Lipinski definition) is 6. The van der Waals surface area contributed by atoms with Crippen LogP contribution in [0.5, 0.6) is 0 Å². The van der Waals surface area contributed by atoms with Gasteiger partial charge >= 0.3 is 11.1 Å². The van der Waals surface area contributed by atoms with Crippen LogP contribution in [0, 0.1) is 0 Å². The zero-order valence-corrected chi connectivity index (χ0v) is 11.3. The number of nitrogens with one attached hydrogen (secondary N) is 2. The maximum Gasteiger partial charge on any atom is 0.339 e. The molecule has 2 aromatic heterocycles. The molecule has 0 radical (unpaired) electrons. The lowest BCUT2D eigenvalue weighted by molar-refractivity contribution is 0.596. The molecule has 0 saturated carbocycles. The Bertz CT molecular complexity index is 694. The summed E-state index contributed by atoms with van der Waals surface area (Å²) in [6, 6.07) is 3.78. The molecule has 0 spiro atoms. The standard InChI is InChI=1S/C11H13N5O2S/c1-12-8-7(4-3-5-13-8)6-19-11-14-9(17)10(18)15-16(11)2/h3-5H,6H2,1-2H3,(H,12,13)(H,15,18). The normalized spacial score (nSPS) is 10.4. The van der Waals surface area contributed by atoms with E-state index in [4.69, 9.17) is 0 Å². The number of aromatic nitrogens is 4. The fourth-order valence-electron chi connectivity index (χ4n) is 1.51. The number of rotatable bonds is 4. The molecule has 0 aliphatic heterocycles. The summed E-state index contributed by atoms with van der Waals surface area (Å²) in [6.07, 6.45) is 1.70. The number of nitrogens with zero attached hydrogens (tertiary/aromatic N) is 3. The highest BCUT2D eigenvalue weighted by Crippen LogP contribution is 2.22. The minimum Gasteiger partial charge on any atom is -0.373 e. The third-order valence-electron chi connectivity index (χ3n) is 2.43. The van der Waals surface area contributed by atoms with Gasteiger partial charge < -0.3 is 5.32 Å². The molecule has 2 aromatic rings. The average Bonchev–Trinajstić information content (AvgIpc) is 2.41. The maximum atomic E-state index is 11.2. The Hall–Kier alpha value is -2.09. The Morgan fingerprint density at radius 3 is 3.00 bits per heavy atom. The van der Waals surface area contributed by atoms with Crippen molar-refractivity contribution in [3.8, 4) is 0 Å². The molecule has 0 aliphatic rings. The van der Waals surface area contributed by atoms with Gasteiger partial charge in [-0.05, 0) is 6.07 Å². The van der Waals surface area contributed by atoms with Crippen molar-refractivity contribution in [2.24, 2.45) is 7.05 Å².